The second-order valence-corrected chi connectivity index (χ2v) is 4.39. The van der Waals surface area contributed by atoms with Crippen molar-refractivity contribution in [2.45, 2.75) is 6.42 Å². The monoisotopic (exact) mass is 259 g/mol. The topological polar surface area (TPSA) is 49.8 Å². The fourth-order valence-electron chi connectivity index (χ4n) is 1.99. The van der Waals surface area contributed by atoms with Crippen LogP contribution in [0.3, 0.4) is 0 Å². The molecule has 0 saturated heterocycles. The summed E-state index contributed by atoms with van der Waals surface area (Å²) in [6.45, 7) is 1.54. The number of carboxylic acid groups (broad SMARTS) is 1. The third-order valence-electron chi connectivity index (χ3n) is 3.03. The van der Waals surface area contributed by atoms with Gasteiger partial charge in [-0.2, -0.15) is 0 Å². The first-order chi connectivity index (χ1) is 9.19. The van der Waals surface area contributed by atoms with Crippen molar-refractivity contribution in [3.8, 4) is 5.75 Å². The van der Waals surface area contributed by atoms with Crippen molar-refractivity contribution in [2.75, 3.05) is 20.2 Å². The molecule has 0 aliphatic carbocycles. The van der Waals surface area contributed by atoms with Crippen molar-refractivity contribution in [3.63, 3.8) is 0 Å². The number of carboxylic acids is 1. The smallest absolute Gasteiger partial charge is 0.337 e. The first kappa shape index (κ1) is 13.2. The molecule has 1 aromatic carbocycles. The normalized spacial score (nSPS) is 14.2. The van der Waals surface area contributed by atoms with E-state index in [1.165, 1.54) is 5.56 Å². The minimum absolute atomic E-state index is 0.330. The maximum atomic E-state index is 10.9. The number of aliphatic carboxylic acids is 1. The number of hydrogen-bond donors (Lipinski definition) is 1. The van der Waals surface area contributed by atoms with Crippen LogP contribution < -0.4 is 4.74 Å². The Morgan fingerprint density at radius 1 is 1.47 bits per heavy atom. The summed E-state index contributed by atoms with van der Waals surface area (Å²) in [5.41, 5.74) is 1.51. The van der Waals surface area contributed by atoms with Gasteiger partial charge in [0.25, 0.3) is 0 Å². The van der Waals surface area contributed by atoms with E-state index in [2.05, 4.69) is 0 Å². The van der Waals surface area contributed by atoms with Gasteiger partial charge in [-0.1, -0.05) is 18.2 Å². The average molecular weight is 259 g/mol. The number of nitrogens with zero attached hydrogens (tertiary/aromatic N) is 1. The van der Waals surface area contributed by atoms with Gasteiger partial charge in [0, 0.05) is 19.3 Å². The number of ether oxygens (including phenoxy) is 1. The van der Waals surface area contributed by atoms with Gasteiger partial charge in [-0.25, -0.2) is 4.79 Å². The number of rotatable bonds is 5. The second kappa shape index (κ2) is 6.09. The molecule has 100 valence electrons. The van der Waals surface area contributed by atoms with Crippen LogP contribution in [0.4, 0.5) is 0 Å². The molecule has 1 aromatic rings. The predicted octanol–water partition coefficient (Wildman–Crippen LogP) is 2.08. The van der Waals surface area contributed by atoms with Crippen LogP contribution in [0, 0.1) is 0 Å². The second-order valence-electron chi connectivity index (χ2n) is 4.39. The summed E-state index contributed by atoms with van der Waals surface area (Å²) >= 11 is 0. The third-order valence-corrected chi connectivity index (χ3v) is 3.03. The Kier molecular flexibility index (Phi) is 4.23. The third kappa shape index (κ3) is 3.61. The molecule has 0 fully saturated rings. The van der Waals surface area contributed by atoms with Gasteiger partial charge in [0.1, 0.15) is 5.75 Å². The van der Waals surface area contributed by atoms with Crippen molar-refractivity contribution in [2.24, 2.45) is 0 Å². The molecule has 0 unspecified atom stereocenters. The fraction of sp³-hybridized carbons (Fsp3) is 0.267. The maximum Gasteiger partial charge on any atom is 0.337 e. The van der Waals surface area contributed by atoms with Crippen LogP contribution >= 0.6 is 0 Å². The minimum Gasteiger partial charge on any atom is -0.497 e. The van der Waals surface area contributed by atoms with Gasteiger partial charge in [-0.3, -0.25) is 0 Å². The number of methoxy groups -OCH3 is 1. The van der Waals surface area contributed by atoms with E-state index >= 15 is 0 Å². The van der Waals surface area contributed by atoms with Crippen LogP contribution in [0.25, 0.3) is 0 Å². The number of benzene rings is 1. The molecule has 1 heterocycles. The van der Waals surface area contributed by atoms with Crippen LogP contribution in [-0.2, 0) is 11.2 Å². The van der Waals surface area contributed by atoms with E-state index < -0.39 is 5.97 Å². The lowest BCUT2D eigenvalue weighted by molar-refractivity contribution is -0.132. The van der Waals surface area contributed by atoms with E-state index in [0.717, 1.165) is 25.3 Å². The van der Waals surface area contributed by atoms with Gasteiger partial charge in [-0.05, 0) is 30.2 Å². The van der Waals surface area contributed by atoms with E-state index in [4.69, 9.17) is 9.84 Å². The summed E-state index contributed by atoms with van der Waals surface area (Å²) in [6.07, 6.45) is 6.07. The molecule has 0 bridgehead atoms. The van der Waals surface area contributed by atoms with Crippen molar-refractivity contribution >= 4 is 5.97 Å². The Morgan fingerprint density at radius 3 is 3.05 bits per heavy atom. The van der Waals surface area contributed by atoms with Crippen molar-refractivity contribution in [1.82, 2.24) is 4.90 Å². The minimum atomic E-state index is -0.887. The average Bonchev–Trinajstić information content (AvgIpc) is 2.45. The molecule has 2 rings (SSSR count). The lowest BCUT2D eigenvalue weighted by Crippen LogP contribution is -2.24. The summed E-state index contributed by atoms with van der Waals surface area (Å²) in [6, 6.07) is 7.92. The molecular formula is C15H17NO3. The molecule has 0 aromatic heterocycles. The zero-order chi connectivity index (χ0) is 13.7. The molecule has 4 heteroatoms. The Bertz CT molecular complexity index is 520. The first-order valence-corrected chi connectivity index (χ1v) is 6.17. The lowest BCUT2D eigenvalue weighted by Gasteiger charge is -2.22. The SMILES string of the molecule is COc1cccc(CCN2C=C(C(=O)O)C=CC2)c1. The van der Waals surface area contributed by atoms with Gasteiger partial charge in [-0.15, -0.1) is 0 Å². The van der Waals surface area contributed by atoms with Gasteiger partial charge in [0.05, 0.1) is 12.7 Å². The fourth-order valence-corrected chi connectivity index (χ4v) is 1.99. The molecule has 1 aliphatic heterocycles. The Morgan fingerprint density at radius 2 is 2.32 bits per heavy atom. The molecule has 1 aliphatic rings. The Balaban J connectivity index is 1.95. The Labute approximate surface area is 112 Å². The van der Waals surface area contributed by atoms with E-state index in [-0.39, 0.29) is 0 Å². The summed E-state index contributed by atoms with van der Waals surface area (Å²) in [4.78, 5) is 12.9. The van der Waals surface area contributed by atoms with Crippen molar-refractivity contribution < 1.29 is 14.6 Å². The van der Waals surface area contributed by atoms with Gasteiger partial charge in [0.2, 0.25) is 0 Å². The first-order valence-electron chi connectivity index (χ1n) is 6.17. The van der Waals surface area contributed by atoms with Crippen LogP contribution in [0.1, 0.15) is 5.56 Å². The molecular weight excluding hydrogens is 242 g/mol. The molecule has 1 N–H and O–H groups in total. The van der Waals surface area contributed by atoms with Crippen LogP contribution in [0.5, 0.6) is 5.75 Å². The molecule has 4 nitrogen and oxygen atoms in total. The summed E-state index contributed by atoms with van der Waals surface area (Å²) in [5.74, 6) is -0.0415. The van der Waals surface area contributed by atoms with E-state index in [1.807, 2.05) is 35.2 Å². The predicted molar refractivity (Wildman–Crippen MR) is 73.1 cm³/mol. The van der Waals surface area contributed by atoms with Gasteiger partial charge in [0.15, 0.2) is 0 Å². The maximum absolute atomic E-state index is 10.9. The van der Waals surface area contributed by atoms with Crippen LogP contribution in [0.15, 0.2) is 48.2 Å². The Hall–Kier alpha value is -2.23. The zero-order valence-electron chi connectivity index (χ0n) is 10.9. The zero-order valence-corrected chi connectivity index (χ0v) is 10.9. The largest absolute Gasteiger partial charge is 0.497 e. The molecule has 0 atom stereocenters. The summed E-state index contributed by atoms with van der Waals surface area (Å²) in [5, 5.41) is 8.95. The van der Waals surface area contributed by atoms with E-state index in [1.54, 1.807) is 19.4 Å². The van der Waals surface area contributed by atoms with Crippen molar-refractivity contribution in [1.29, 1.82) is 0 Å². The van der Waals surface area contributed by atoms with Crippen LogP contribution in [-0.4, -0.2) is 36.2 Å². The van der Waals surface area contributed by atoms with Crippen molar-refractivity contribution in [3.05, 3.63) is 53.8 Å². The molecule has 0 radical (unpaired) electrons. The molecule has 0 saturated carbocycles. The highest BCUT2D eigenvalue weighted by molar-refractivity contribution is 5.89. The van der Waals surface area contributed by atoms with E-state index in [9.17, 15) is 4.79 Å². The van der Waals surface area contributed by atoms with E-state index in [0.29, 0.717) is 5.57 Å². The lowest BCUT2D eigenvalue weighted by atomic mass is 10.1. The summed E-state index contributed by atoms with van der Waals surface area (Å²) in [7, 11) is 1.65. The van der Waals surface area contributed by atoms with Gasteiger partial charge < -0.3 is 14.7 Å². The highest BCUT2D eigenvalue weighted by Crippen LogP contribution is 2.14. The number of hydrogen-bond acceptors (Lipinski definition) is 3. The molecule has 0 amide bonds. The summed E-state index contributed by atoms with van der Waals surface area (Å²) < 4.78 is 5.18. The quantitative estimate of drug-likeness (QED) is 0.879. The standard InChI is InChI=1S/C15H17NO3/c1-19-14-6-2-4-12(10-14)7-9-16-8-3-5-13(11-16)15(17)18/h2-6,10-11H,7-9H2,1H3,(H,17,18). The van der Waals surface area contributed by atoms with Gasteiger partial charge >= 0.3 is 5.97 Å². The highest BCUT2D eigenvalue weighted by Gasteiger charge is 2.10. The highest BCUT2D eigenvalue weighted by atomic mass is 16.5. The number of carbonyl (C=O) groups is 1. The molecule has 19 heavy (non-hydrogen) atoms. The molecule has 0 spiro atoms. The van der Waals surface area contributed by atoms with Crippen LogP contribution in [0.2, 0.25) is 0 Å².